The van der Waals surface area contributed by atoms with Crippen LogP contribution in [0.2, 0.25) is 0 Å². The van der Waals surface area contributed by atoms with E-state index < -0.39 is 0 Å². The highest BCUT2D eigenvalue weighted by Crippen LogP contribution is 2.16. The van der Waals surface area contributed by atoms with Crippen molar-refractivity contribution < 1.29 is 5.11 Å². The van der Waals surface area contributed by atoms with Crippen LogP contribution in [0.3, 0.4) is 0 Å². The molecule has 0 saturated carbocycles. The minimum atomic E-state index is 0.255. The van der Waals surface area contributed by atoms with E-state index in [4.69, 9.17) is 5.11 Å². The molecule has 1 aliphatic rings. The minimum Gasteiger partial charge on any atom is -0.395 e. The summed E-state index contributed by atoms with van der Waals surface area (Å²) < 4.78 is 0. The SMILES string of the molecule is C[C@H](CO)N1CCN(c2ccccc2)CC1. The molecular weight excluding hydrogens is 200 g/mol. The van der Waals surface area contributed by atoms with Crippen LogP contribution in [0.1, 0.15) is 6.92 Å². The third kappa shape index (κ3) is 2.54. The van der Waals surface area contributed by atoms with Gasteiger partial charge in [0.05, 0.1) is 6.61 Å². The number of benzene rings is 1. The number of hydrogen-bond acceptors (Lipinski definition) is 3. The summed E-state index contributed by atoms with van der Waals surface area (Å²) in [6.07, 6.45) is 0. The first-order valence-corrected chi connectivity index (χ1v) is 5.96. The Kier molecular flexibility index (Phi) is 3.80. The second kappa shape index (κ2) is 5.32. The normalized spacial score (nSPS) is 19.8. The molecule has 0 bridgehead atoms. The Labute approximate surface area is 97.3 Å². The maximum Gasteiger partial charge on any atom is 0.0584 e. The highest BCUT2D eigenvalue weighted by Gasteiger charge is 2.20. The Bertz CT molecular complexity index is 307. The lowest BCUT2D eigenvalue weighted by Gasteiger charge is -2.38. The van der Waals surface area contributed by atoms with E-state index in [-0.39, 0.29) is 12.6 Å². The molecule has 0 amide bonds. The molecule has 0 radical (unpaired) electrons. The van der Waals surface area contributed by atoms with E-state index in [0.29, 0.717) is 0 Å². The summed E-state index contributed by atoms with van der Waals surface area (Å²) in [6.45, 7) is 6.51. The average Bonchev–Trinajstić information content (AvgIpc) is 2.39. The molecule has 2 rings (SSSR count). The zero-order valence-electron chi connectivity index (χ0n) is 9.84. The van der Waals surface area contributed by atoms with Crippen LogP contribution in [0.15, 0.2) is 30.3 Å². The average molecular weight is 220 g/mol. The van der Waals surface area contributed by atoms with Crippen LogP contribution in [0, 0.1) is 0 Å². The largest absolute Gasteiger partial charge is 0.395 e. The van der Waals surface area contributed by atoms with Crippen LogP contribution in [0.4, 0.5) is 5.69 Å². The highest BCUT2D eigenvalue weighted by molar-refractivity contribution is 5.46. The maximum atomic E-state index is 9.11. The summed E-state index contributed by atoms with van der Waals surface area (Å²) in [5.41, 5.74) is 1.30. The van der Waals surface area contributed by atoms with E-state index in [1.54, 1.807) is 0 Å². The highest BCUT2D eigenvalue weighted by atomic mass is 16.3. The summed E-state index contributed by atoms with van der Waals surface area (Å²) in [7, 11) is 0. The molecule has 1 aromatic rings. The molecule has 3 nitrogen and oxygen atoms in total. The van der Waals surface area contributed by atoms with Crippen molar-refractivity contribution in [1.82, 2.24) is 4.90 Å². The predicted octanol–water partition coefficient (Wildman–Crippen LogP) is 1.19. The standard InChI is InChI=1S/C13H20N2O/c1-12(11-16)14-7-9-15(10-8-14)13-5-3-2-4-6-13/h2-6,12,16H,7-11H2,1H3/t12-/m1/s1. The topological polar surface area (TPSA) is 26.7 Å². The number of anilines is 1. The maximum absolute atomic E-state index is 9.11. The van der Waals surface area contributed by atoms with Crippen molar-refractivity contribution in [2.45, 2.75) is 13.0 Å². The number of nitrogens with zero attached hydrogens (tertiary/aromatic N) is 2. The van der Waals surface area contributed by atoms with Gasteiger partial charge in [-0.1, -0.05) is 18.2 Å². The van der Waals surface area contributed by atoms with Gasteiger partial charge in [-0.15, -0.1) is 0 Å². The molecule has 1 atom stereocenters. The number of rotatable bonds is 3. The fourth-order valence-corrected chi connectivity index (χ4v) is 2.18. The van der Waals surface area contributed by atoms with Gasteiger partial charge in [0, 0.05) is 37.9 Å². The van der Waals surface area contributed by atoms with Gasteiger partial charge in [-0.25, -0.2) is 0 Å². The Balaban J connectivity index is 1.91. The summed E-state index contributed by atoms with van der Waals surface area (Å²) in [5, 5.41) is 9.11. The summed E-state index contributed by atoms with van der Waals surface area (Å²) in [6, 6.07) is 10.8. The molecule has 0 spiro atoms. The molecule has 16 heavy (non-hydrogen) atoms. The van der Waals surface area contributed by atoms with Gasteiger partial charge in [-0.2, -0.15) is 0 Å². The van der Waals surface area contributed by atoms with E-state index in [9.17, 15) is 0 Å². The van der Waals surface area contributed by atoms with Crippen LogP contribution >= 0.6 is 0 Å². The molecule has 3 heteroatoms. The summed E-state index contributed by atoms with van der Waals surface area (Å²) in [5.74, 6) is 0. The monoisotopic (exact) mass is 220 g/mol. The van der Waals surface area contributed by atoms with Crippen molar-refractivity contribution in [2.75, 3.05) is 37.7 Å². The molecule has 1 aromatic carbocycles. The Morgan fingerprint density at radius 1 is 1.12 bits per heavy atom. The van der Waals surface area contributed by atoms with Gasteiger partial charge < -0.3 is 10.0 Å². The number of aliphatic hydroxyl groups is 1. The lowest BCUT2D eigenvalue weighted by Crippen LogP contribution is -2.50. The van der Waals surface area contributed by atoms with Crippen LogP contribution in [0.25, 0.3) is 0 Å². The summed E-state index contributed by atoms with van der Waals surface area (Å²) >= 11 is 0. The number of para-hydroxylation sites is 1. The molecular formula is C13H20N2O. The smallest absolute Gasteiger partial charge is 0.0584 e. The fourth-order valence-electron chi connectivity index (χ4n) is 2.18. The Hall–Kier alpha value is -1.06. The predicted molar refractivity (Wildman–Crippen MR) is 66.8 cm³/mol. The number of aliphatic hydroxyl groups excluding tert-OH is 1. The molecule has 1 N–H and O–H groups in total. The van der Waals surface area contributed by atoms with Gasteiger partial charge in [0.15, 0.2) is 0 Å². The Morgan fingerprint density at radius 3 is 2.31 bits per heavy atom. The van der Waals surface area contributed by atoms with Crippen LogP contribution in [-0.2, 0) is 0 Å². The molecule has 0 aromatic heterocycles. The molecule has 1 heterocycles. The van der Waals surface area contributed by atoms with Gasteiger partial charge >= 0.3 is 0 Å². The lowest BCUT2D eigenvalue weighted by molar-refractivity contribution is 0.128. The number of piperazine rings is 1. The van der Waals surface area contributed by atoms with Gasteiger partial charge in [-0.05, 0) is 19.1 Å². The first kappa shape index (κ1) is 11.4. The van der Waals surface area contributed by atoms with E-state index in [2.05, 4.69) is 41.0 Å². The van der Waals surface area contributed by atoms with Gasteiger partial charge in [-0.3, -0.25) is 4.90 Å². The van der Waals surface area contributed by atoms with E-state index >= 15 is 0 Å². The van der Waals surface area contributed by atoms with Crippen molar-refractivity contribution >= 4 is 5.69 Å². The minimum absolute atomic E-state index is 0.255. The van der Waals surface area contributed by atoms with E-state index in [1.165, 1.54) is 5.69 Å². The van der Waals surface area contributed by atoms with Crippen LogP contribution < -0.4 is 4.90 Å². The molecule has 1 aliphatic heterocycles. The van der Waals surface area contributed by atoms with Crippen molar-refractivity contribution in [2.24, 2.45) is 0 Å². The van der Waals surface area contributed by atoms with Gasteiger partial charge in [0.25, 0.3) is 0 Å². The third-order valence-electron chi connectivity index (χ3n) is 3.32. The van der Waals surface area contributed by atoms with E-state index in [1.807, 2.05) is 6.07 Å². The molecule has 88 valence electrons. The number of hydrogen-bond donors (Lipinski definition) is 1. The second-order valence-electron chi connectivity index (χ2n) is 4.39. The molecule has 1 saturated heterocycles. The first-order valence-electron chi connectivity index (χ1n) is 5.96. The van der Waals surface area contributed by atoms with Crippen molar-refractivity contribution in [3.05, 3.63) is 30.3 Å². The van der Waals surface area contributed by atoms with Gasteiger partial charge in [0.1, 0.15) is 0 Å². The van der Waals surface area contributed by atoms with Crippen molar-refractivity contribution in [1.29, 1.82) is 0 Å². The lowest BCUT2D eigenvalue weighted by atomic mass is 10.2. The first-order chi connectivity index (χ1) is 7.81. The zero-order valence-corrected chi connectivity index (χ0v) is 9.84. The van der Waals surface area contributed by atoms with Crippen LogP contribution in [0.5, 0.6) is 0 Å². The Morgan fingerprint density at radius 2 is 1.75 bits per heavy atom. The quantitative estimate of drug-likeness (QED) is 0.829. The van der Waals surface area contributed by atoms with Crippen LogP contribution in [-0.4, -0.2) is 48.8 Å². The fraction of sp³-hybridized carbons (Fsp3) is 0.538. The molecule has 0 aliphatic carbocycles. The third-order valence-corrected chi connectivity index (χ3v) is 3.32. The van der Waals surface area contributed by atoms with Crippen molar-refractivity contribution in [3.8, 4) is 0 Å². The molecule has 0 unspecified atom stereocenters. The van der Waals surface area contributed by atoms with Crippen molar-refractivity contribution in [3.63, 3.8) is 0 Å². The van der Waals surface area contributed by atoms with E-state index in [0.717, 1.165) is 26.2 Å². The van der Waals surface area contributed by atoms with Gasteiger partial charge in [0.2, 0.25) is 0 Å². The zero-order chi connectivity index (χ0) is 11.4. The summed E-state index contributed by atoms with van der Waals surface area (Å²) in [4.78, 5) is 4.75. The second-order valence-corrected chi connectivity index (χ2v) is 4.39. The molecule has 1 fully saturated rings.